The smallest absolute Gasteiger partial charge is 0.121 e. The van der Waals surface area contributed by atoms with Crippen molar-refractivity contribution in [3.63, 3.8) is 0 Å². The predicted molar refractivity (Wildman–Crippen MR) is 119 cm³/mol. The second-order valence-electron chi connectivity index (χ2n) is 8.12. The fraction of sp³-hybridized carbons (Fsp3) is 0.500. The van der Waals surface area contributed by atoms with Gasteiger partial charge in [-0.15, -0.1) is 0 Å². The summed E-state index contributed by atoms with van der Waals surface area (Å²) in [6.45, 7) is 12.5. The number of aromatic hydroxyl groups is 2. The summed E-state index contributed by atoms with van der Waals surface area (Å²) < 4.78 is 0. The van der Waals surface area contributed by atoms with E-state index < -0.39 is 0 Å². The van der Waals surface area contributed by atoms with E-state index in [1.54, 1.807) is 0 Å². The Morgan fingerprint density at radius 3 is 1.41 bits per heavy atom. The van der Waals surface area contributed by atoms with Gasteiger partial charge in [0.25, 0.3) is 0 Å². The summed E-state index contributed by atoms with van der Waals surface area (Å²) in [6, 6.07) is 8.54. The van der Waals surface area contributed by atoms with E-state index >= 15 is 0 Å². The summed E-state index contributed by atoms with van der Waals surface area (Å²) in [5, 5.41) is 20.4. The van der Waals surface area contributed by atoms with Crippen LogP contribution in [0.4, 0.5) is 0 Å². The van der Waals surface area contributed by atoms with Crippen LogP contribution in [0.15, 0.2) is 24.3 Å². The Bertz CT molecular complexity index is 713. The number of thioether (sulfide) groups is 1. The summed E-state index contributed by atoms with van der Waals surface area (Å²) in [5.41, 5.74) is 6.67. The molecule has 2 N–H and O–H groups in total. The predicted octanol–water partition coefficient (Wildman–Crippen LogP) is 6.48. The highest BCUT2D eigenvalue weighted by atomic mass is 32.2. The topological polar surface area (TPSA) is 40.5 Å². The van der Waals surface area contributed by atoms with E-state index in [2.05, 4.69) is 52.0 Å². The van der Waals surface area contributed by atoms with Crippen molar-refractivity contribution in [2.45, 2.75) is 66.2 Å². The van der Waals surface area contributed by atoms with E-state index in [9.17, 15) is 10.2 Å². The normalized spacial score (nSPS) is 11.6. The molecule has 2 nitrogen and oxygen atoms in total. The molecule has 0 aliphatic heterocycles. The summed E-state index contributed by atoms with van der Waals surface area (Å²) >= 11 is 1.97. The van der Waals surface area contributed by atoms with Gasteiger partial charge in [0.1, 0.15) is 11.5 Å². The van der Waals surface area contributed by atoms with Gasteiger partial charge in [0.05, 0.1) is 0 Å². The molecule has 2 rings (SSSR count). The van der Waals surface area contributed by atoms with Gasteiger partial charge < -0.3 is 10.2 Å². The Hall–Kier alpha value is -1.61. The molecule has 0 heterocycles. The van der Waals surface area contributed by atoms with Crippen LogP contribution in [0.5, 0.6) is 11.5 Å². The monoisotopic (exact) mass is 386 g/mol. The third-order valence-electron chi connectivity index (χ3n) is 5.09. The first-order valence-corrected chi connectivity index (χ1v) is 11.1. The minimum Gasteiger partial charge on any atom is -0.507 e. The van der Waals surface area contributed by atoms with Gasteiger partial charge in [-0.2, -0.15) is 11.8 Å². The standard InChI is InChI=1S/C24H34O2S/c1-15(2)21-13-19(11-17(5)23(21)25)7-9-27-10-8-20-12-18(6)24(26)22(14-20)16(3)4/h11-16,25-26H,7-10H2,1-6H3. The molecule has 0 bridgehead atoms. The molecule has 0 saturated heterocycles. The molecule has 2 aromatic rings. The summed E-state index contributed by atoms with van der Waals surface area (Å²) in [4.78, 5) is 0. The molecule has 0 amide bonds. The molecule has 0 atom stereocenters. The van der Waals surface area contributed by atoms with Crippen LogP contribution in [-0.4, -0.2) is 21.7 Å². The minimum absolute atomic E-state index is 0.337. The van der Waals surface area contributed by atoms with Crippen molar-refractivity contribution < 1.29 is 10.2 Å². The minimum atomic E-state index is 0.337. The Balaban J connectivity index is 1.90. The Labute approximate surface area is 169 Å². The van der Waals surface area contributed by atoms with Crippen molar-refractivity contribution >= 4 is 11.8 Å². The van der Waals surface area contributed by atoms with E-state index in [1.807, 2.05) is 25.6 Å². The van der Waals surface area contributed by atoms with Gasteiger partial charge in [-0.05, 0) is 83.4 Å². The van der Waals surface area contributed by atoms with Gasteiger partial charge >= 0.3 is 0 Å². The van der Waals surface area contributed by atoms with Crippen LogP contribution in [0.25, 0.3) is 0 Å². The fourth-order valence-electron chi connectivity index (χ4n) is 3.42. The number of aryl methyl sites for hydroxylation is 4. The average Bonchev–Trinajstić information content (AvgIpc) is 2.59. The first-order chi connectivity index (χ1) is 12.7. The van der Waals surface area contributed by atoms with Gasteiger partial charge in [0, 0.05) is 0 Å². The first kappa shape index (κ1) is 21.7. The highest BCUT2D eigenvalue weighted by molar-refractivity contribution is 7.99. The van der Waals surface area contributed by atoms with E-state index in [-0.39, 0.29) is 0 Å². The van der Waals surface area contributed by atoms with Crippen molar-refractivity contribution in [3.8, 4) is 11.5 Å². The largest absolute Gasteiger partial charge is 0.507 e. The van der Waals surface area contributed by atoms with E-state index in [0.717, 1.165) is 46.6 Å². The number of hydrogen-bond donors (Lipinski definition) is 2. The molecule has 3 heteroatoms. The molecule has 0 saturated carbocycles. The number of phenols is 2. The SMILES string of the molecule is Cc1cc(CCSCCc2cc(C)c(O)c(C(C)C)c2)cc(C(C)C)c1O. The molecule has 2 aromatic carbocycles. The molecule has 0 aliphatic carbocycles. The molecular formula is C24H34O2S. The van der Waals surface area contributed by atoms with Crippen molar-refractivity contribution in [2.75, 3.05) is 11.5 Å². The highest BCUT2D eigenvalue weighted by Crippen LogP contribution is 2.31. The molecule has 0 aromatic heterocycles. The summed E-state index contributed by atoms with van der Waals surface area (Å²) in [7, 11) is 0. The van der Waals surface area contributed by atoms with Crippen molar-refractivity contribution in [2.24, 2.45) is 0 Å². The Kier molecular flexibility index (Phi) is 7.67. The quantitative estimate of drug-likeness (QED) is 0.510. The fourth-order valence-corrected chi connectivity index (χ4v) is 4.38. The van der Waals surface area contributed by atoms with Crippen LogP contribution in [0.3, 0.4) is 0 Å². The van der Waals surface area contributed by atoms with Crippen LogP contribution in [0.1, 0.15) is 72.9 Å². The Morgan fingerprint density at radius 2 is 1.07 bits per heavy atom. The van der Waals surface area contributed by atoms with Crippen LogP contribution < -0.4 is 0 Å². The molecule has 27 heavy (non-hydrogen) atoms. The second kappa shape index (κ2) is 9.54. The number of hydrogen-bond acceptors (Lipinski definition) is 3. The van der Waals surface area contributed by atoms with E-state index in [0.29, 0.717) is 23.3 Å². The average molecular weight is 387 g/mol. The maximum absolute atomic E-state index is 10.2. The van der Waals surface area contributed by atoms with Crippen molar-refractivity contribution in [1.82, 2.24) is 0 Å². The summed E-state index contributed by atoms with van der Waals surface area (Å²) in [6.07, 6.45) is 2.05. The molecular weight excluding hydrogens is 352 g/mol. The van der Waals surface area contributed by atoms with Crippen LogP contribution >= 0.6 is 11.8 Å². The third kappa shape index (κ3) is 5.68. The number of rotatable bonds is 8. The lowest BCUT2D eigenvalue weighted by Gasteiger charge is -2.14. The molecule has 0 unspecified atom stereocenters. The Morgan fingerprint density at radius 1 is 0.704 bits per heavy atom. The van der Waals surface area contributed by atoms with Crippen LogP contribution in [0.2, 0.25) is 0 Å². The maximum Gasteiger partial charge on any atom is 0.121 e. The number of benzene rings is 2. The van der Waals surface area contributed by atoms with Gasteiger partial charge in [0.15, 0.2) is 0 Å². The first-order valence-electron chi connectivity index (χ1n) is 9.93. The van der Waals surface area contributed by atoms with Crippen LogP contribution in [-0.2, 0) is 12.8 Å². The molecule has 0 radical (unpaired) electrons. The molecule has 0 spiro atoms. The third-order valence-corrected chi connectivity index (χ3v) is 6.08. The van der Waals surface area contributed by atoms with Gasteiger partial charge in [-0.1, -0.05) is 52.0 Å². The molecule has 0 aliphatic rings. The van der Waals surface area contributed by atoms with E-state index in [4.69, 9.17) is 0 Å². The molecule has 148 valence electrons. The van der Waals surface area contributed by atoms with Gasteiger partial charge in [-0.3, -0.25) is 0 Å². The van der Waals surface area contributed by atoms with Crippen molar-refractivity contribution in [1.29, 1.82) is 0 Å². The van der Waals surface area contributed by atoms with Crippen LogP contribution in [0, 0.1) is 13.8 Å². The second-order valence-corrected chi connectivity index (χ2v) is 9.35. The van der Waals surface area contributed by atoms with E-state index in [1.165, 1.54) is 11.1 Å². The zero-order chi connectivity index (χ0) is 20.1. The lowest BCUT2D eigenvalue weighted by atomic mass is 9.96. The zero-order valence-corrected chi connectivity index (χ0v) is 18.4. The van der Waals surface area contributed by atoms with Gasteiger partial charge in [0.2, 0.25) is 0 Å². The van der Waals surface area contributed by atoms with Crippen molar-refractivity contribution in [3.05, 3.63) is 57.6 Å². The maximum atomic E-state index is 10.2. The molecule has 0 fully saturated rings. The highest BCUT2D eigenvalue weighted by Gasteiger charge is 2.11. The lowest BCUT2D eigenvalue weighted by Crippen LogP contribution is -1.98. The number of phenolic OH excluding ortho intramolecular Hbond substituents is 2. The lowest BCUT2D eigenvalue weighted by molar-refractivity contribution is 0.460. The summed E-state index contributed by atoms with van der Waals surface area (Å²) in [5.74, 6) is 3.73. The zero-order valence-electron chi connectivity index (χ0n) is 17.6. The van der Waals surface area contributed by atoms with Gasteiger partial charge in [-0.25, -0.2) is 0 Å².